The van der Waals surface area contributed by atoms with Crippen LogP contribution in [0.15, 0.2) is 144 Å². The molecule has 0 spiro atoms. The number of hydrogen-bond acceptors (Lipinski definition) is 6. The molecule has 9 rings (SSSR count). The van der Waals surface area contributed by atoms with Crippen LogP contribution in [-0.2, 0) is 19.0 Å². The van der Waals surface area contributed by atoms with Gasteiger partial charge in [0.15, 0.2) is 0 Å². The third kappa shape index (κ3) is 9.79. The summed E-state index contributed by atoms with van der Waals surface area (Å²) in [5.41, 5.74) is 9.84. The number of methoxy groups -OCH3 is 1. The molecule has 0 radical (unpaired) electrons. The summed E-state index contributed by atoms with van der Waals surface area (Å²) in [4.78, 5) is 30.1. The highest BCUT2D eigenvalue weighted by atomic mass is 79.9. The highest BCUT2D eigenvalue weighted by molar-refractivity contribution is 9.10. The fraction of sp³-hybridized carbons (Fsp3) is 0.122. The van der Waals surface area contributed by atoms with E-state index in [1.807, 2.05) is 98.8 Å². The molecular weight excluding hydrogens is 858 g/mol. The summed E-state index contributed by atoms with van der Waals surface area (Å²) >= 11 is 3.45. The zero-order valence-electron chi connectivity index (χ0n) is 33.7. The lowest BCUT2D eigenvalue weighted by Crippen LogP contribution is -2.05. The number of fused-ring (bicyclic) bond motifs is 1. The summed E-state index contributed by atoms with van der Waals surface area (Å²) < 4.78 is 58.9. The Morgan fingerprint density at radius 3 is 1.82 bits per heavy atom. The predicted octanol–water partition coefficient (Wildman–Crippen LogP) is 12.6. The quantitative estimate of drug-likeness (QED) is 0.110. The molecule has 4 aromatic carbocycles. The number of hydrogen-bond donors (Lipinski definition) is 2. The van der Waals surface area contributed by atoms with Crippen LogP contribution in [0.4, 0.5) is 17.6 Å². The SMILES string of the molecule is COc1ccc(-c2nc(Cc3cccc(C(F)(F)F)c3)[nH]c2-c2cccc(C)n2)cc1.Cc1ccc2cc(-c3nc(Cc4cccc(F)c4)[nH]c3-c3cccc(Br)n3)ccc2n1. The number of halogens is 5. The Hall–Kier alpha value is -6.99. The molecule has 13 heteroatoms. The highest BCUT2D eigenvalue weighted by Gasteiger charge is 2.30. The molecule has 0 unspecified atom stereocenters. The van der Waals surface area contributed by atoms with Gasteiger partial charge in [0.25, 0.3) is 0 Å². The molecule has 0 aliphatic heterocycles. The first-order valence-corrected chi connectivity index (χ1v) is 20.4. The van der Waals surface area contributed by atoms with Gasteiger partial charge in [-0.05, 0) is 126 Å². The van der Waals surface area contributed by atoms with Crippen molar-refractivity contribution in [3.05, 3.63) is 190 Å². The molecule has 62 heavy (non-hydrogen) atoms. The number of alkyl halides is 3. The van der Waals surface area contributed by atoms with Gasteiger partial charge in [-0.3, -0.25) is 9.97 Å². The molecule has 2 N–H and O–H groups in total. The van der Waals surface area contributed by atoms with E-state index in [1.165, 1.54) is 18.2 Å². The molecule has 0 bridgehead atoms. The molecule has 5 aromatic heterocycles. The zero-order valence-corrected chi connectivity index (χ0v) is 35.3. The van der Waals surface area contributed by atoms with Gasteiger partial charge < -0.3 is 14.7 Å². The lowest BCUT2D eigenvalue weighted by molar-refractivity contribution is -0.137. The highest BCUT2D eigenvalue weighted by Crippen LogP contribution is 2.34. The number of H-pyrrole nitrogens is 2. The topological polar surface area (TPSA) is 105 Å². The zero-order chi connectivity index (χ0) is 43.4. The third-order valence-electron chi connectivity index (χ3n) is 9.97. The minimum atomic E-state index is -4.38. The molecule has 0 fully saturated rings. The number of pyridine rings is 3. The molecule has 0 aliphatic rings. The third-order valence-corrected chi connectivity index (χ3v) is 10.4. The van der Waals surface area contributed by atoms with Gasteiger partial charge in [0.05, 0.1) is 52.4 Å². The second-order valence-electron chi connectivity index (χ2n) is 14.6. The normalized spacial score (nSPS) is 11.4. The second kappa shape index (κ2) is 17.9. The number of aromatic nitrogens is 7. The minimum absolute atomic E-state index is 0.235. The molecule has 8 nitrogen and oxygen atoms in total. The van der Waals surface area contributed by atoms with Crippen LogP contribution in [0.1, 0.15) is 39.7 Å². The van der Waals surface area contributed by atoms with E-state index in [9.17, 15) is 17.6 Å². The Bertz CT molecular complexity index is 3020. The van der Waals surface area contributed by atoms with Gasteiger partial charge in [-0.2, -0.15) is 13.2 Å². The molecule has 9 aromatic rings. The van der Waals surface area contributed by atoms with Crippen LogP contribution in [0.3, 0.4) is 0 Å². The number of nitrogens with zero attached hydrogens (tertiary/aromatic N) is 5. The van der Waals surface area contributed by atoms with Crippen LogP contribution in [0, 0.1) is 19.7 Å². The maximum Gasteiger partial charge on any atom is 0.416 e. The van der Waals surface area contributed by atoms with Crippen molar-refractivity contribution in [2.45, 2.75) is 32.9 Å². The minimum Gasteiger partial charge on any atom is -0.497 e. The molecule has 5 heterocycles. The van der Waals surface area contributed by atoms with Crippen LogP contribution in [0.25, 0.3) is 56.2 Å². The maximum absolute atomic E-state index is 13.7. The van der Waals surface area contributed by atoms with Crippen LogP contribution in [0.5, 0.6) is 5.75 Å². The molecule has 0 amide bonds. The smallest absolute Gasteiger partial charge is 0.416 e. The van der Waals surface area contributed by atoms with Crippen molar-refractivity contribution in [3.8, 4) is 51.0 Å². The second-order valence-corrected chi connectivity index (χ2v) is 15.4. The van der Waals surface area contributed by atoms with Gasteiger partial charge in [0, 0.05) is 40.7 Å². The van der Waals surface area contributed by atoms with Crippen molar-refractivity contribution in [1.29, 1.82) is 0 Å². The number of benzene rings is 4. The average molecular weight is 897 g/mol. The average Bonchev–Trinajstić information content (AvgIpc) is 3.88. The van der Waals surface area contributed by atoms with E-state index >= 15 is 0 Å². The number of imidazole rings is 2. The first-order valence-electron chi connectivity index (χ1n) is 19.6. The van der Waals surface area contributed by atoms with Crippen LogP contribution >= 0.6 is 15.9 Å². The molecular formula is C49H38BrF4N7O. The molecule has 310 valence electrons. The summed E-state index contributed by atoms with van der Waals surface area (Å²) in [6.07, 6.45) is -3.66. The Labute approximate surface area is 363 Å². The molecule has 0 aliphatic carbocycles. The van der Waals surface area contributed by atoms with Crippen molar-refractivity contribution in [2.24, 2.45) is 0 Å². The summed E-state index contributed by atoms with van der Waals surface area (Å²) in [7, 11) is 1.60. The predicted molar refractivity (Wildman–Crippen MR) is 237 cm³/mol. The van der Waals surface area contributed by atoms with Crippen molar-refractivity contribution in [2.75, 3.05) is 7.11 Å². The maximum atomic E-state index is 13.7. The monoisotopic (exact) mass is 895 g/mol. The van der Waals surface area contributed by atoms with Gasteiger partial charge in [0.1, 0.15) is 27.8 Å². The van der Waals surface area contributed by atoms with Crippen LogP contribution < -0.4 is 4.74 Å². The van der Waals surface area contributed by atoms with E-state index in [4.69, 9.17) is 14.7 Å². The van der Waals surface area contributed by atoms with Crippen molar-refractivity contribution >= 4 is 26.8 Å². The lowest BCUT2D eigenvalue weighted by atomic mass is 10.1. The Morgan fingerprint density at radius 1 is 0.581 bits per heavy atom. The Balaban J connectivity index is 0.000000171. The van der Waals surface area contributed by atoms with Crippen molar-refractivity contribution in [3.63, 3.8) is 0 Å². The van der Waals surface area contributed by atoms with Crippen molar-refractivity contribution < 1.29 is 22.3 Å². The number of ether oxygens (including phenoxy) is 1. The first kappa shape index (κ1) is 41.7. The van der Waals surface area contributed by atoms with Gasteiger partial charge in [0.2, 0.25) is 0 Å². The van der Waals surface area contributed by atoms with Crippen molar-refractivity contribution in [1.82, 2.24) is 34.9 Å². The van der Waals surface area contributed by atoms with E-state index in [-0.39, 0.29) is 12.2 Å². The van der Waals surface area contributed by atoms with Crippen LogP contribution in [-0.4, -0.2) is 42.0 Å². The number of aryl methyl sites for hydroxylation is 2. The van der Waals surface area contributed by atoms with Gasteiger partial charge in [-0.15, -0.1) is 0 Å². The summed E-state index contributed by atoms with van der Waals surface area (Å²) in [5.74, 6) is 1.78. The van der Waals surface area contributed by atoms with E-state index in [2.05, 4.69) is 53.0 Å². The summed E-state index contributed by atoms with van der Waals surface area (Å²) in [5, 5.41) is 1.05. The largest absolute Gasteiger partial charge is 0.497 e. The number of rotatable bonds is 9. The fourth-order valence-electron chi connectivity index (χ4n) is 7.05. The van der Waals surface area contributed by atoms with Gasteiger partial charge in [-0.25, -0.2) is 19.3 Å². The Kier molecular flexibility index (Phi) is 12.1. The molecule has 0 saturated carbocycles. The molecule has 0 saturated heterocycles. The molecule has 0 atom stereocenters. The number of aromatic amines is 2. The van der Waals surface area contributed by atoms with E-state index < -0.39 is 11.7 Å². The van der Waals surface area contributed by atoms with E-state index in [1.54, 1.807) is 19.2 Å². The van der Waals surface area contributed by atoms with Gasteiger partial charge in [-0.1, -0.05) is 54.6 Å². The van der Waals surface area contributed by atoms with E-state index in [0.29, 0.717) is 29.2 Å². The number of nitrogens with one attached hydrogen (secondary N) is 2. The standard InChI is InChI=1S/C25H18BrFN4.C24H20F3N3O/c1-15-8-9-17-14-18(10-11-20(17)28-15)24-25(21-6-3-7-22(26)29-21)31-23(30-24)13-16-4-2-5-19(27)12-16;1-15-5-3-8-20(28-15)23-22(17-9-11-19(31-2)12-10-17)29-21(30-23)14-16-6-4-7-18(13-16)24(25,26)27/h2-12,14H,13H2,1H3,(H,30,31);3-13H,14H2,1-2H3,(H,29,30). The Morgan fingerprint density at radius 2 is 1.18 bits per heavy atom. The fourth-order valence-corrected chi connectivity index (χ4v) is 7.39. The summed E-state index contributed by atoms with van der Waals surface area (Å²) in [6.45, 7) is 3.88. The van der Waals surface area contributed by atoms with Crippen LogP contribution in [0.2, 0.25) is 0 Å². The lowest BCUT2D eigenvalue weighted by Gasteiger charge is -2.07. The summed E-state index contributed by atoms with van der Waals surface area (Å²) in [6, 6.07) is 41.0. The van der Waals surface area contributed by atoms with E-state index in [0.717, 1.165) is 90.1 Å². The first-order chi connectivity index (χ1) is 29.9. The van der Waals surface area contributed by atoms with Gasteiger partial charge >= 0.3 is 6.18 Å².